The lowest BCUT2D eigenvalue weighted by atomic mass is 10.4. The fourth-order valence-electron chi connectivity index (χ4n) is 0.553. The zero-order valence-electron chi connectivity index (χ0n) is 5.70. The van der Waals surface area contributed by atoms with Crippen LogP contribution in [-0.4, -0.2) is 22.8 Å². The molecule has 1 aromatic rings. The molecule has 4 heteroatoms. The average molecular weight is 150 g/mol. The van der Waals surface area contributed by atoms with Gasteiger partial charge in [0, 0.05) is 6.20 Å². The second-order valence-corrected chi connectivity index (χ2v) is 1.77. The molecule has 0 saturated heterocycles. The summed E-state index contributed by atoms with van der Waals surface area (Å²) in [4.78, 5) is 10.9. The van der Waals surface area contributed by atoms with Gasteiger partial charge in [0.25, 0.3) is 0 Å². The molecule has 1 rings (SSSR count). The lowest BCUT2D eigenvalue weighted by Crippen LogP contribution is -2.03. The van der Waals surface area contributed by atoms with Gasteiger partial charge in [-0.25, -0.2) is 4.79 Å². The van der Waals surface area contributed by atoms with Crippen LogP contribution in [0.1, 0.15) is 10.4 Å². The summed E-state index contributed by atoms with van der Waals surface area (Å²) >= 11 is 0. The Kier molecular flexibility index (Phi) is 2.28. The van der Waals surface area contributed by atoms with Crippen LogP contribution in [0.2, 0.25) is 0 Å². The van der Waals surface area contributed by atoms with Crippen LogP contribution in [0.5, 0.6) is 0 Å². The quantitative estimate of drug-likeness (QED) is 0.484. The van der Waals surface area contributed by atoms with Gasteiger partial charge in [-0.1, -0.05) is 5.92 Å². The molecule has 1 N–H and O–H groups in total. The number of rotatable bonds is 2. The summed E-state index contributed by atoms with van der Waals surface area (Å²) in [5, 5.41) is 6.06. The van der Waals surface area contributed by atoms with E-state index in [2.05, 4.69) is 20.9 Å². The van der Waals surface area contributed by atoms with Crippen LogP contribution in [0.25, 0.3) is 0 Å². The Balaban J connectivity index is 2.51. The van der Waals surface area contributed by atoms with Gasteiger partial charge in [0.1, 0.15) is 0 Å². The molecular formula is C7H6N2O2. The Morgan fingerprint density at radius 2 is 2.73 bits per heavy atom. The standard InChI is InChI=1S/C7H6N2O2/c1-2-3-11-7(10)6-4-8-9-5-6/h1,4-5H,3H2,(H,8,9). The zero-order chi connectivity index (χ0) is 8.10. The Bertz CT molecular complexity index is 271. The van der Waals surface area contributed by atoms with E-state index in [1.165, 1.54) is 12.4 Å². The fraction of sp³-hybridized carbons (Fsp3) is 0.143. The van der Waals surface area contributed by atoms with Crippen molar-refractivity contribution < 1.29 is 9.53 Å². The Hall–Kier alpha value is -1.76. The summed E-state index contributed by atoms with van der Waals surface area (Å²) < 4.78 is 4.60. The van der Waals surface area contributed by atoms with Gasteiger partial charge >= 0.3 is 5.97 Å². The van der Waals surface area contributed by atoms with E-state index in [4.69, 9.17) is 6.42 Å². The third-order valence-electron chi connectivity index (χ3n) is 1.02. The lowest BCUT2D eigenvalue weighted by molar-refractivity contribution is 0.0557. The van der Waals surface area contributed by atoms with Crippen molar-refractivity contribution in [3.05, 3.63) is 18.0 Å². The maximum atomic E-state index is 10.9. The SMILES string of the molecule is C#CCOC(=O)c1cn[nH]c1. The van der Waals surface area contributed by atoms with Crippen LogP contribution in [-0.2, 0) is 4.74 Å². The van der Waals surface area contributed by atoms with Gasteiger partial charge in [-0.05, 0) is 0 Å². The van der Waals surface area contributed by atoms with Crippen LogP contribution in [0.4, 0.5) is 0 Å². The molecular weight excluding hydrogens is 144 g/mol. The lowest BCUT2D eigenvalue weighted by Gasteiger charge is -1.94. The summed E-state index contributed by atoms with van der Waals surface area (Å²) in [5.41, 5.74) is 0.375. The molecule has 0 saturated carbocycles. The van der Waals surface area contributed by atoms with E-state index in [1.54, 1.807) is 0 Å². The molecule has 0 aliphatic rings. The molecule has 0 aromatic carbocycles. The second kappa shape index (κ2) is 3.42. The summed E-state index contributed by atoms with van der Waals surface area (Å²) in [5.74, 6) is 1.73. The van der Waals surface area contributed by atoms with Gasteiger partial charge in [-0.3, -0.25) is 5.10 Å². The van der Waals surface area contributed by atoms with Gasteiger partial charge in [-0.2, -0.15) is 5.10 Å². The van der Waals surface area contributed by atoms with Crippen molar-refractivity contribution in [3.8, 4) is 12.3 Å². The number of aromatic nitrogens is 2. The van der Waals surface area contributed by atoms with E-state index < -0.39 is 5.97 Å². The minimum Gasteiger partial charge on any atom is -0.449 e. The van der Waals surface area contributed by atoms with Crippen molar-refractivity contribution in [3.63, 3.8) is 0 Å². The number of esters is 1. The van der Waals surface area contributed by atoms with Crippen molar-refractivity contribution in [2.45, 2.75) is 0 Å². The molecule has 0 spiro atoms. The highest BCUT2D eigenvalue weighted by molar-refractivity contribution is 5.88. The van der Waals surface area contributed by atoms with Gasteiger partial charge in [0.2, 0.25) is 0 Å². The van der Waals surface area contributed by atoms with Crippen molar-refractivity contribution in [2.75, 3.05) is 6.61 Å². The van der Waals surface area contributed by atoms with Crippen LogP contribution in [0.15, 0.2) is 12.4 Å². The molecule has 1 aromatic heterocycles. The number of terminal acetylenes is 1. The highest BCUT2D eigenvalue weighted by Gasteiger charge is 2.05. The Morgan fingerprint density at radius 1 is 1.91 bits per heavy atom. The maximum Gasteiger partial charge on any atom is 0.342 e. The molecule has 0 atom stereocenters. The molecule has 0 fully saturated rings. The smallest absolute Gasteiger partial charge is 0.342 e. The largest absolute Gasteiger partial charge is 0.449 e. The van der Waals surface area contributed by atoms with Crippen LogP contribution in [0.3, 0.4) is 0 Å². The van der Waals surface area contributed by atoms with Gasteiger partial charge in [0.15, 0.2) is 6.61 Å². The molecule has 0 aliphatic heterocycles. The first-order valence-electron chi connectivity index (χ1n) is 2.94. The van der Waals surface area contributed by atoms with Gasteiger partial charge < -0.3 is 4.74 Å². The highest BCUT2D eigenvalue weighted by atomic mass is 16.5. The van der Waals surface area contributed by atoms with Crippen molar-refractivity contribution in [1.82, 2.24) is 10.2 Å². The average Bonchev–Trinajstić information content (AvgIpc) is 2.52. The Labute approximate surface area is 63.6 Å². The highest BCUT2D eigenvalue weighted by Crippen LogP contribution is 1.95. The number of carbonyl (C=O) groups is 1. The molecule has 0 unspecified atom stereocenters. The first-order valence-corrected chi connectivity index (χ1v) is 2.94. The monoisotopic (exact) mass is 150 g/mol. The Morgan fingerprint density at radius 3 is 3.27 bits per heavy atom. The summed E-state index contributed by atoms with van der Waals surface area (Å²) in [7, 11) is 0. The van der Waals surface area contributed by atoms with E-state index in [9.17, 15) is 4.79 Å². The van der Waals surface area contributed by atoms with Crippen LogP contribution < -0.4 is 0 Å². The molecule has 0 bridgehead atoms. The predicted molar refractivity (Wildman–Crippen MR) is 37.7 cm³/mol. The second-order valence-electron chi connectivity index (χ2n) is 1.77. The summed E-state index contributed by atoms with van der Waals surface area (Å²) in [6.07, 6.45) is 7.70. The number of hydrogen-bond acceptors (Lipinski definition) is 3. The molecule has 4 nitrogen and oxygen atoms in total. The summed E-state index contributed by atoms with van der Waals surface area (Å²) in [6.45, 7) is -0.00991. The molecule has 0 amide bonds. The van der Waals surface area contributed by atoms with E-state index in [0.29, 0.717) is 5.56 Å². The number of carbonyl (C=O) groups excluding carboxylic acids is 1. The number of ether oxygens (including phenoxy) is 1. The predicted octanol–water partition coefficient (Wildman–Crippen LogP) is 0.200. The first-order chi connectivity index (χ1) is 5.34. The van der Waals surface area contributed by atoms with Gasteiger partial charge in [0.05, 0.1) is 11.8 Å². The third kappa shape index (κ3) is 1.83. The topological polar surface area (TPSA) is 55.0 Å². The number of H-pyrrole nitrogens is 1. The van der Waals surface area contributed by atoms with Crippen molar-refractivity contribution >= 4 is 5.97 Å². The van der Waals surface area contributed by atoms with Crippen LogP contribution in [0, 0.1) is 12.3 Å². The van der Waals surface area contributed by atoms with Gasteiger partial charge in [-0.15, -0.1) is 6.42 Å². The molecule has 0 radical (unpaired) electrons. The fourth-order valence-corrected chi connectivity index (χ4v) is 0.553. The number of aromatic amines is 1. The molecule has 11 heavy (non-hydrogen) atoms. The number of nitrogens with zero attached hydrogens (tertiary/aromatic N) is 1. The van der Waals surface area contributed by atoms with Crippen molar-refractivity contribution in [1.29, 1.82) is 0 Å². The minimum absolute atomic E-state index is 0.00991. The van der Waals surface area contributed by atoms with E-state index >= 15 is 0 Å². The minimum atomic E-state index is -0.461. The van der Waals surface area contributed by atoms with Crippen LogP contribution >= 0.6 is 0 Å². The first kappa shape index (κ1) is 7.35. The summed E-state index contributed by atoms with van der Waals surface area (Å²) in [6, 6.07) is 0. The normalized spacial score (nSPS) is 8.64. The maximum absolute atomic E-state index is 10.9. The number of nitrogens with one attached hydrogen (secondary N) is 1. The molecule has 1 heterocycles. The number of hydrogen-bond donors (Lipinski definition) is 1. The molecule has 56 valence electrons. The van der Waals surface area contributed by atoms with Crippen molar-refractivity contribution in [2.24, 2.45) is 0 Å². The van der Waals surface area contributed by atoms with E-state index in [-0.39, 0.29) is 6.61 Å². The van der Waals surface area contributed by atoms with E-state index in [1.807, 2.05) is 0 Å². The zero-order valence-corrected chi connectivity index (χ0v) is 5.70. The molecule has 0 aliphatic carbocycles. The van der Waals surface area contributed by atoms with E-state index in [0.717, 1.165) is 0 Å². The third-order valence-corrected chi connectivity index (χ3v) is 1.02.